The highest BCUT2D eigenvalue weighted by Crippen LogP contribution is 2.23. The second-order valence-electron chi connectivity index (χ2n) is 4.71. The summed E-state index contributed by atoms with van der Waals surface area (Å²) in [6.45, 7) is 1.05. The van der Waals surface area contributed by atoms with Gasteiger partial charge in [0.05, 0.1) is 12.8 Å². The molecule has 1 aliphatic rings. The van der Waals surface area contributed by atoms with Crippen LogP contribution in [0.5, 0.6) is 0 Å². The molecule has 0 bridgehead atoms. The van der Waals surface area contributed by atoms with E-state index in [1.807, 2.05) is 18.2 Å². The maximum atomic E-state index is 11.2. The van der Waals surface area contributed by atoms with Crippen molar-refractivity contribution in [1.82, 2.24) is 5.32 Å². The van der Waals surface area contributed by atoms with Gasteiger partial charge in [-0.25, -0.2) is 0 Å². The molecule has 0 saturated heterocycles. The van der Waals surface area contributed by atoms with Gasteiger partial charge < -0.3 is 21.5 Å². The normalized spacial score (nSPS) is 14.9. The van der Waals surface area contributed by atoms with E-state index in [2.05, 4.69) is 10.6 Å². The van der Waals surface area contributed by atoms with Crippen LogP contribution in [0.25, 0.3) is 0 Å². The summed E-state index contributed by atoms with van der Waals surface area (Å²) in [5.41, 5.74) is 8.57. The van der Waals surface area contributed by atoms with E-state index in [4.69, 9.17) is 10.8 Å². The Morgan fingerprint density at radius 2 is 2.32 bits per heavy atom. The van der Waals surface area contributed by atoms with E-state index >= 15 is 0 Å². The SMILES string of the molecule is NC(CNCc1ccc2c(c1)CC(=O)N2)CC(=O)O. The van der Waals surface area contributed by atoms with E-state index in [1.165, 1.54) is 0 Å². The lowest BCUT2D eigenvalue weighted by molar-refractivity contribution is -0.137. The zero-order chi connectivity index (χ0) is 13.8. The Kier molecular flexibility index (Phi) is 4.13. The van der Waals surface area contributed by atoms with Gasteiger partial charge in [0.15, 0.2) is 0 Å². The highest BCUT2D eigenvalue weighted by Gasteiger charge is 2.17. The van der Waals surface area contributed by atoms with Crippen molar-refractivity contribution >= 4 is 17.6 Å². The Morgan fingerprint density at radius 1 is 1.53 bits per heavy atom. The topological polar surface area (TPSA) is 104 Å². The lowest BCUT2D eigenvalue weighted by Crippen LogP contribution is -2.35. The third-order valence-corrected chi connectivity index (χ3v) is 2.97. The van der Waals surface area contributed by atoms with Gasteiger partial charge in [-0.3, -0.25) is 9.59 Å². The number of rotatable bonds is 6. The van der Waals surface area contributed by atoms with Gasteiger partial charge in [-0.1, -0.05) is 12.1 Å². The molecule has 102 valence electrons. The molecule has 1 heterocycles. The number of hydrogen-bond donors (Lipinski definition) is 4. The minimum absolute atomic E-state index is 0.0172. The van der Waals surface area contributed by atoms with Crippen molar-refractivity contribution in [1.29, 1.82) is 0 Å². The molecule has 2 rings (SSSR count). The van der Waals surface area contributed by atoms with Crippen molar-refractivity contribution in [2.24, 2.45) is 5.73 Å². The van der Waals surface area contributed by atoms with Gasteiger partial charge in [-0.2, -0.15) is 0 Å². The van der Waals surface area contributed by atoms with Crippen LogP contribution in [0.2, 0.25) is 0 Å². The standard InChI is InChI=1S/C13H17N3O3/c14-10(5-13(18)19)7-15-6-8-1-2-11-9(3-8)4-12(17)16-11/h1-3,10,15H,4-7,14H2,(H,16,17)(H,18,19). The number of anilines is 1. The monoisotopic (exact) mass is 263 g/mol. The van der Waals surface area contributed by atoms with Crippen molar-refractivity contribution in [2.75, 3.05) is 11.9 Å². The fourth-order valence-corrected chi connectivity index (χ4v) is 2.09. The van der Waals surface area contributed by atoms with Crippen LogP contribution in [0, 0.1) is 0 Å². The molecule has 0 aliphatic carbocycles. The molecule has 1 aromatic carbocycles. The van der Waals surface area contributed by atoms with Crippen molar-refractivity contribution in [2.45, 2.75) is 25.4 Å². The molecular weight excluding hydrogens is 246 g/mol. The number of carboxylic acid groups (broad SMARTS) is 1. The first-order chi connectivity index (χ1) is 9.04. The molecule has 1 aliphatic heterocycles. The first-order valence-corrected chi connectivity index (χ1v) is 6.14. The number of carbonyl (C=O) groups excluding carboxylic acids is 1. The van der Waals surface area contributed by atoms with E-state index in [-0.39, 0.29) is 12.3 Å². The summed E-state index contributed by atoms with van der Waals surface area (Å²) in [6.07, 6.45) is 0.372. The third-order valence-electron chi connectivity index (χ3n) is 2.97. The Morgan fingerprint density at radius 3 is 3.05 bits per heavy atom. The summed E-state index contributed by atoms with van der Waals surface area (Å²) in [5, 5.41) is 14.5. The van der Waals surface area contributed by atoms with Gasteiger partial charge in [0.1, 0.15) is 0 Å². The smallest absolute Gasteiger partial charge is 0.304 e. The van der Waals surface area contributed by atoms with Gasteiger partial charge in [-0.15, -0.1) is 0 Å². The average Bonchev–Trinajstić information content (AvgIpc) is 2.67. The predicted molar refractivity (Wildman–Crippen MR) is 70.7 cm³/mol. The number of benzene rings is 1. The van der Waals surface area contributed by atoms with Gasteiger partial charge >= 0.3 is 5.97 Å². The van der Waals surface area contributed by atoms with Crippen LogP contribution in [-0.2, 0) is 22.6 Å². The Labute approximate surface area is 111 Å². The fraction of sp³-hybridized carbons (Fsp3) is 0.385. The molecule has 0 radical (unpaired) electrons. The van der Waals surface area contributed by atoms with Crippen LogP contribution in [0.1, 0.15) is 17.5 Å². The molecule has 1 atom stereocenters. The molecule has 19 heavy (non-hydrogen) atoms. The molecule has 0 spiro atoms. The van der Waals surface area contributed by atoms with Crippen molar-refractivity contribution in [3.05, 3.63) is 29.3 Å². The van der Waals surface area contributed by atoms with E-state index < -0.39 is 12.0 Å². The summed E-state index contributed by atoms with van der Waals surface area (Å²) in [5.74, 6) is -0.875. The highest BCUT2D eigenvalue weighted by molar-refractivity contribution is 5.99. The first-order valence-electron chi connectivity index (χ1n) is 6.14. The molecule has 6 nitrogen and oxygen atoms in total. The number of amides is 1. The number of aliphatic carboxylic acids is 1. The minimum atomic E-state index is -0.892. The number of nitrogens with two attached hydrogens (primary N) is 1. The second-order valence-corrected chi connectivity index (χ2v) is 4.71. The van der Waals surface area contributed by atoms with E-state index in [0.717, 1.165) is 16.8 Å². The zero-order valence-electron chi connectivity index (χ0n) is 10.5. The average molecular weight is 263 g/mol. The fourth-order valence-electron chi connectivity index (χ4n) is 2.09. The maximum absolute atomic E-state index is 11.2. The number of fused-ring (bicyclic) bond motifs is 1. The molecule has 0 fully saturated rings. The van der Waals surface area contributed by atoms with Crippen LogP contribution in [0.4, 0.5) is 5.69 Å². The summed E-state index contributed by atoms with van der Waals surface area (Å²) in [6, 6.07) is 5.40. The quantitative estimate of drug-likeness (QED) is 0.581. The molecule has 1 amide bonds. The number of carboxylic acids is 1. The molecule has 1 aromatic rings. The van der Waals surface area contributed by atoms with Gasteiger partial charge in [-0.05, 0) is 17.2 Å². The molecule has 0 saturated carbocycles. The lowest BCUT2D eigenvalue weighted by Gasteiger charge is -2.11. The number of nitrogens with one attached hydrogen (secondary N) is 2. The Bertz CT molecular complexity index is 502. The maximum Gasteiger partial charge on any atom is 0.304 e. The van der Waals surface area contributed by atoms with E-state index in [9.17, 15) is 9.59 Å². The second kappa shape index (κ2) is 5.81. The van der Waals surface area contributed by atoms with Crippen molar-refractivity contribution in [3.8, 4) is 0 Å². The highest BCUT2D eigenvalue weighted by atomic mass is 16.4. The summed E-state index contributed by atoms with van der Waals surface area (Å²) < 4.78 is 0. The Balaban J connectivity index is 1.83. The van der Waals surface area contributed by atoms with Gasteiger partial charge in [0, 0.05) is 24.8 Å². The van der Waals surface area contributed by atoms with E-state index in [1.54, 1.807) is 0 Å². The van der Waals surface area contributed by atoms with Crippen molar-refractivity contribution < 1.29 is 14.7 Å². The van der Waals surface area contributed by atoms with Crippen molar-refractivity contribution in [3.63, 3.8) is 0 Å². The number of hydrogen-bond acceptors (Lipinski definition) is 4. The van der Waals surface area contributed by atoms with Crippen LogP contribution in [-0.4, -0.2) is 29.6 Å². The predicted octanol–water partition coefficient (Wildman–Crippen LogP) is 0.0728. The van der Waals surface area contributed by atoms with Crippen LogP contribution >= 0.6 is 0 Å². The van der Waals surface area contributed by atoms with E-state index in [0.29, 0.717) is 19.5 Å². The van der Waals surface area contributed by atoms with Crippen LogP contribution < -0.4 is 16.4 Å². The largest absolute Gasteiger partial charge is 0.481 e. The van der Waals surface area contributed by atoms with Crippen LogP contribution in [0.15, 0.2) is 18.2 Å². The molecule has 1 unspecified atom stereocenters. The van der Waals surface area contributed by atoms with Gasteiger partial charge in [0.2, 0.25) is 5.91 Å². The third kappa shape index (κ3) is 3.77. The summed E-state index contributed by atoms with van der Waals surface area (Å²) >= 11 is 0. The molecule has 6 heteroatoms. The number of carbonyl (C=O) groups is 2. The summed E-state index contributed by atoms with van der Waals surface area (Å²) in [7, 11) is 0. The molecule has 5 N–H and O–H groups in total. The molecule has 0 aromatic heterocycles. The summed E-state index contributed by atoms with van der Waals surface area (Å²) in [4.78, 5) is 21.7. The zero-order valence-corrected chi connectivity index (χ0v) is 10.5. The Hall–Kier alpha value is -1.92. The van der Waals surface area contributed by atoms with Gasteiger partial charge in [0.25, 0.3) is 0 Å². The molecular formula is C13H17N3O3. The van der Waals surface area contributed by atoms with Crippen LogP contribution in [0.3, 0.4) is 0 Å². The first kappa shape index (κ1) is 13.5. The lowest BCUT2D eigenvalue weighted by atomic mass is 10.1. The minimum Gasteiger partial charge on any atom is -0.481 e.